The molecule has 3 aromatic rings. The molecule has 1 saturated carbocycles. The molecule has 3 atom stereocenters. The minimum Gasteiger partial charge on any atom is -0.485 e. The Kier molecular flexibility index (Phi) is 6.84. The summed E-state index contributed by atoms with van der Waals surface area (Å²) in [4.78, 5) is 51.2. The smallest absolute Gasteiger partial charge is 0.414 e. The van der Waals surface area contributed by atoms with Crippen LogP contribution in [0.1, 0.15) is 42.6 Å². The molecule has 2 aromatic carbocycles. The Morgan fingerprint density at radius 2 is 1.86 bits per heavy atom. The second-order valence-electron chi connectivity index (χ2n) is 10.9. The minimum atomic E-state index is -1.36. The number of pyridine rings is 1. The summed E-state index contributed by atoms with van der Waals surface area (Å²) >= 11 is 0. The van der Waals surface area contributed by atoms with E-state index in [0.29, 0.717) is 18.5 Å². The number of hydrogen-bond donors (Lipinski definition) is 2. The summed E-state index contributed by atoms with van der Waals surface area (Å²) in [6.07, 6.45) is 1.41. The molecule has 6 rings (SSSR count). The number of carboxylic acid groups (broad SMARTS) is 1. The molecular formula is C29H28F2N4O7. The van der Waals surface area contributed by atoms with Gasteiger partial charge in [-0.25, -0.2) is 18.4 Å². The number of carboxylic acids is 1. The topological polar surface area (TPSA) is 144 Å². The number of aromatic nitrogens is 1. The quantitative estimate of drug-likeness (QED) is 0.409. The van der Waals surface area contributed by atoms with E-state index in [1.54, 1.807) is 15.5 Å². The van der Waals surface area contributed by atoms with Crippen molar-refractivity contribution in [2.45, 2.75) is 50.5 Å². The van der Waals surface area contributed by atoms with Gasteiger partial charge in [0.2, 0.25) is 5.43 Å². The van der Waals surface area contributed by atoms with Crippen LogP contribution in [0.3, 0.4) is 0 Å². The number of amides is 1. The maximum Gasteiger partial charge on any atom is 0.414 e. The molecule has 2 saturated heterocycles. The van der Waals surface area contributed by atoms with E-state index in [9.17, 15) is 24.3 Å². The zero-order valence-electron chi connectivity index (χ0n) is 22.6. The van der Waals surface area contributed by atoms with Crippen molar-refractivity contribution in [2.24, 2.45) is 5.73 Å². The number of cyclic esters (lactones) is 1. The first-order valence-electron chi connectivity index (χ1n) is 13.6. The molecule has 3 aliphatic rings. The Balaban J connectivity index is 1.19. The second-order valence-corrected chi connectivity index (χ2v) is 10.9. The van der Waals surface area contributed by atoms with Crippen LogP contribution >= 0.6 is 0 Å². The Labute approximate surface area is 238 Å². The average Bonchev–Trinajstić information content (AvgIpc) is 3.56. The van der Waals surface area contributed by atoms with E-state index in [2.05, 4.69) is 0 Å². The molecule has 1 aliphatic carbocycles. The van der Waals surface area contributed by atoms with Gasteiger partial charge in [-0.15, -0.1) is 0 Å². The minimum absolute atomic E-state index is 0.000332. The number of anilines is 2. The maximum absolute atomic E-state index is 15.3. The van der Waals surface area contributed by atoms with Crippen molar-refractivity contribution in [1.29, 1.82) is 0 Å². The van der Waals surface area contributed by atoms with E-state index in [0.717, 1.165) is 25.0 Å². The predicted octanol–water partition coefficient (Wildman–Crippen LogP) is 3.21. The van der Waals surface area contributed by atoms with Gasteiger partial charge in [-0.1, -0.05) is 0 Å². The van der Waals surface area contributed by atoms with Crippen molar-refractivity contribution in [3.63, 3.8) is 0 Å². The monoisotopic (exact) mass is 582 g/mol. The van der Waals surface area contributed by atoms with Crippen LogP contribution in [0.2, 0.25) is 0 Å². The van der Waals surface area contributed by atoms with E-state index < -0.39 is 52.9 Å². The number of ketones is 1. The largest absolute Gasteiger partial charge is 0.485 e. The van der Waals surface area contributed by atoms with Crippen molar-refractivity contribution in [2.75, 3.05) is 29.4 Å². The number of carbonyl (C=O) groups excluding carboxylic acids is 2. The number of nitrogens with zero attached hydrogens (tertiary/aromatic N) is 3. The fourth-order valence-electron chi connectivity index (χ4n) is 5.53. The van der Waals surface area contributed by atoms with Gasteiger partial charge in [0.1, 0.15) is 35.4 Å². The number of rotatable bonds is 8. The lowest BCUT2D eigenvalue weighted by molar-refractivity contribution is -0.120. The van der Waals surface area contributed by atoms with Crippen LogP contribution in [0, 0.1) is 11.6 Å². The number of carbonyl (C=O) groups is 3. The highest BCUT2D eigenvalue weighted by atomic mass is 19.1. The molecule has 3 fully saturated rings. The summed E-state index contributed by atoms with van der Waals surface area (Å²) in [5, 5.41) is 9.46. The molecule has 0 bridgehead atoms. The highest BCUT2D eigenvalue weighted by Gasteiger charge is 2.38. The first kappa shape index (κ1) is 27.6. The molecule has 13 heteroatoms. The summed E-state index contributed by atoms with van der Waals surface area (Å²) in [5.74, 6) is -3.11. The molecule has 2 aliphatic heterocycles. The third-order valence-electron chi connectivity index (χ3n) is 7.98. The van der Waals surface area contributed by atoms with Crippen LogP contribution in [0.5, 0.6) is 5.75 Å². The van der Waals surface area contributed by atoms with Gasteiger partial charge < -0.3 is 29.8 Å². The van der Waals surface area contributed by atoms with Gasteiger partial charge in [0.15, 0.2) is 11.6 Å². The second kappa shape index (κ2) is 10.4. The highest BCUT2D eigenvalue weighted by molar-refractivity contribution is 5.94. The van der Waals surface area contributed by atoms with Crippen LogP contribution in [0.15, 0.2) is 41.3 Å². The van der Waals surface area contributed by atoms with Crippen molar-refractivity contribution in [3.05, 3.63) is 63.9 Å². The Hall–Kier alpha value is -4.52. The molecule has 42 heavy (non-hydrogen) atoms. The van der Waals surface area contributed by atoms with Crippen molar-refractivity contribution >= 4 is 40.1 Å². The fraction of sp³-hybridized carbons (Fsp3) is 0.379. The third kappa shape index (κ3) is 4.93. The number of ether oxygens (including phenoxy) is 2. The first-order chi connectivity index (χ1) is 20.0. The van der Waals surface area contributed by atoms with Gasteiger partial charge in [0.05, 0.1) is 30.0 Å². The maximum atomic E-state index is 15.3. The Morgan fingerprint density at radius 1 is 1.10 bits per heavy atom. The lowest BCUT2D eigenvalue weighted by Crippen LogP contribution is -2.43. The summed E-state index contributed by atoms with van der Waals surface area (Å²) in [6.45, 7) is 1.95. The first-order valence-corrected chi connectivity index (χ1v) is 13.6. The van der Waals surface area contributed by atoms with Crippen LogP contribution in [-0.2, 0) is 9.53 Å². The normalized spacial score (nSPS) is 21.1. The lowest BCUT2D eigenvalue weighted by atomic mass is 10.1. The van der Waals surface area contributed by atoms with Gasteiger partial charge >= 0.3 is 12.1 Å². The number of benzene rings is 2. The van der Waals surface area contributed by atoms with E-state index in [4.69, 9.17) is 15.2 Å². The predicted molar refractivity (Wildman–Crippen MR) is 147 cm³/mol. The summed E-state index contributed by atoms with van der Waals surface area (Å²) < 4.78 is 43.1. The van der Waals surface area contributed by atoms with Gasteiger partial charge in [0.25, 0.3) is 0 Å². The van der Waals surface area contributed by atoms with E-state index in [-0.39, 0.29) is 47.4 Å². The molecule has 1 aromatic heterocycles. The zero-order valence-corrected chi connectivity index (χ0v) is 22.6. The third-order valence-corrected chi connectivity index (χ3v) is 7.98. The number of nitrogens with two attached hydrogens (primary N) is 1. The number of Topliss-reactive ketones (excluding diaryl/α,β-unsaturated/α-hetero) is 1. The number of fused-ring (bicyclic) bond motifs is 1. The van der Waals surface area contributed by atoms with Gasteiger partial charge in [-0.3, -0.25) is 14.5 Å². The van der Waals surface area contributed by atoms with E-state index in [1.807, 2.05) is 0 Å². The Morgan fingerprint density at radius 3 is 2.52 bits per heavy atom. The zero-order chi connectivity index (χ0) is 29.9. The SMILES string of the molecule is CC(=O)C(N)C1CN(c2ccc(OC3CCN(c4cc5c(cc4F)c(=O)c(C(=O)O)cn5C4CC4)C3)c(F)c2)C(=O)O1. The highest BCUT2D eigenvalue weighted by Crippen LogP contribution is 2.39. The Bertz CT molecular complexity index is 1690. The van der Waals surface area contributed by atoms with Crippen molar-refractivity contribution < 1.29 is 37.7 Å². The molecule has 0 radical (unpaired) electrons. The fourth-order valence-corrected chi connectivity index (χ4v) is 5.53. The molecule has 0 spiro atoms. The van der Waals surface area contributed by atoms with E-state index in [1.165, 1.54) is 30.2 Å². The number of halogens is 2. The number of hydrogen-bond acceptors (Lipinski definition) is 8. The molecule has 3 N–H and O–H groups in total. The van der Waals surface area contributed by atoms with Crippen LogP contribution in [0.25, 0.3) is 10.9 Å². The van der Waals surface area contributed by atoms with Gasteiger partial charge in [-0.05, 0) is 44.0 Å². The van der Waals surface area contributed by atoms with Gasteiger partial charge in [0, 0.05) is 36.7 Å². The van der Waals surface area contributed by atoms with Gasteiger partial charge in [-0.2, -0.15) is 0 Å². The van der Waals surface area contributed by atoms with Crippen LogP contribution in [-0.4, -0.2) is 65.4 Å². The average molecular weight is 583 g/mol. The molecule has 220 valence electrons. The molecule has 3 heterocycles. The summed E-state index contributed by atoms with van der Waals surface area (Å²) in [6, 6.07) is 5.74. The van der Waals surface area contributed by atoms with Crippen LogP contribution < -0.4 is 25.7 Å². The van der Waals surface area contributed by atoms with Crippen LogP contribution in [0.4, 0.5) is 25.0 Å². The molecule has 3 unspecified atom stereocenters. The summed E-state index contributed by atoms with van der Waals surface area (Å²) in [7, 11) is 0. The number of aromatic carboxylic acids is 1. The van der Waals surface area contributed by atoms with Crippen molar-refractivity contribution in [1.82, 2.24) is 4.57 Å². The summed E-state index contributed by atoms with van der Waals surface area (Å²) in [5.41, 5.74) is 5.59. The standard InChI is InChI=1S/C29H28F2N4O7/c1-14(36)26(32)25-13-35(29(40)42-25)16-4-5-24(21(31)8-16)41-17-6-7-33(11-17)23-10-22-18(9-20(23)30)27(37)19(28(38)39)12-34(22)15-2-3-15/h4-5,8-10,12,15,17,25-26H,2-3,6-7,11,13,32H2,1H3,(H,38,39). The molecule has 1 amide bonds. The molecule has 11 nitrogen and oxygen atoms in total. The lowest BCUT2D eigenvalue weighted by Gasteiger charge is -2.22. The molecular weight excluding hydrogens is 554 g/mol. The van der Waals surface area contributed by atoms with Crippen molar-refractivity contribution in [3.8, 4) is 5.75 Å². The van der Waals surface area contributed by atoms with E-state index >= 15 is 8.78 Å².